The van der Waals surface area contributed by atoms with Gasteiger partial charge in [0.25, 0.3) is 0 Å². The molecule has 0 spiro atoms. The standard InChI is InChI=1S/C20H25NO3/c1-14(21-19(23)24-20(2,3)4)18(22)13-12-16-10-7-9-15-8-5-6-11-17(15)16/h5-11,14H,12-13H2,1-4H3,(H,21,23)/t14-/m0/s1. The Labute approximate surface area is 143 Å². The average molecular weight is 327 g/mol. The van der Waals surface area contributed by atoms with Crippen molar-refractivity contribution in [2.45, 2.75) is 52.2 Å². The van der Waals surface area contributed by atoms with Gasteiger partial charge in [0, 0.05) is 6.42 Å². The molecular formula is C20H25NO3. The monoisotopic (exact) mass is 327 g/mol. The first-order chi connectivity index (χ1) is 11.3. The molecule has 1 amide bonds. The second-order valence-corrected chi connectivity index (χ2v) is 6.97. The maximum Gasteiger partial charge on any atom is 0.408 e. The van der Waals surface area contributed by atoms with E-state index in [1.807, 2.05) is 24.3 Å². The summed E-state index contributed by atoms with van der Waals surface area (Å²) in [5.41, 5.74) is 0.571. The number of hydrogen-bond acceptors (Lipinski definition) is 3. The molecule has 1 atom stereocenters. The Hall–Kier alpha value is -2.36. The largest absolute Gasteiger partial charge is 0.444 e. The Kier molecular flexibility index (Phi) is 5.60. The van der Waals surface area contributed by atoms with Gasteiger partial charge in [-0.25, -0.2) is 4.79 Å². The summed E-state index contributed by atoms with van der Waals surface area (Å²) in [6.07, 6.45) is 0.472. The highest BCUT2D eigenvalue weighted by Crippen LogP contribution is 2.20. The topological polar surface area (TPSA) is 55.4 Å². The fourth-order valence-corrected chi connectivity index (χ4v) is 2.55. The Balaban J connectivity index is 1.93. The van der Waals surface area contributed by atoms with Crippen molar-refractivity contribution >= 4 is 22.6 Å². The van der Waals surface area contributed by atoms with Crippen molar-refractivity contribution in [2.75, 3.05) is 0 Å². The van der Waals surface area contributed by atoms with Crippen molar-refractivity contribution < 1.29 is 14.3 Å². The fraction of sp³-hybridized carbons (Fsp3) is 0.400. The normalized spacial score (nSPS) is 12.7. The summed E-state index contributed by atoms with van der Waals surface area (Å²) in [4.78, 5) is 24.0. The van der Waals surface area contributed by atoms with Gasteiger partial charge in [0.2, 0.25) is 0 Å². The van der Waals surface area contributed by atoms with Crippen LogP contribution in [0.5, 0.6) is 0 Å². The lowest BCUT2D eigenvalue weighted by atomic mass is 9.98. The SMILES string of the molecule is C[C@H](NC(=O)OC(C)(C)C)C(=O)CCc1cccc2ccccc12. The second-order valence-electron chi connectivity index (χ2n) is 6.97. The van der Waals surface area contributed by atoms with E-state index in [9.17, 15) is 9.59 Å². The first-order valence-corrected chi connectivity index (χ1v) is 8.25. The molecule has 2 aromatic carbocycles. The van der Waals surface area contributed by atoms with Gasteiger partial charge in [0.1, 0.15) is 5.60 Å². The highest BCUT2D eigenvalue weighted by molar-refractivity contribution is 5.89. The summed E-state index contributed by atoms with van der Waals surface area (Å²) in [7, 11) is 0. The number of aryl methyl sites for hydroxylation is 1. The molecule has 0 aliphatic heterocycles. The number of rotatable bonds is 5. The molecule has 128 valence electrons. The molecule has 2 rings (SSSR count). The van der Waals surface area contributed by atoms with Crippen LogP contribution >= 0.6 is 0 Å². The van der Waals surface area contributed by atoms with Crippen LogP contribution in [-0.2, 0) is 16.0 Å². The zero-order valence-electron chi connectivity index (χ0n) is 14.8. The molecule has 0 saturated heterocycles. The van der Waals surface area contributed by atoms with Crippen molar-refractivity contribution in [1.29, 1.82) is 0 Å². The minimum Gasteiger partial charge on any atom is -0.444 e. The highest BCUT2D eigenvalue weighted by atomic mass is 16.6. The van der Waals surface area contributed by atoms with Gasteiger partial charge in [0.05, 0.1) is 6.04 Å². The average Bonchev–Trinajstić information content (AvgIpc) is 2.50. The van der Waals surface area contributed by atoms with Crippen LogP contribution in [0.1, 0.15) is 39.7 Å². The van der Waals surface area contributed by atoms with E-state index in [-0.39, 0.29) is 5.78 Å². The van der Waals surface area contributed by atoms with E-state index in [0.29, 0.717) is 12.8 Å². The van der Waals surface area contributed by atoms with Crippen LogP contribution in [0.15, 0.2) is 42.5 Å². The zero-order chi connectivity index (χ0) is 17.7. The van der Waals surface area contributed by atoms with E-state index in [1.165, 1.54) is 10.8 Å². The van der Waals surface area contributed by atoms with E-state index >= 15 is 0 Å². The molecule has 24 heavy (non-hydrogen) atoms. The van der Waals surface area contributed by atoms with Crippen LogP contribution < -0.4 is 5.32 Å². The molecule has 4 heteroatoms. The minimum atomic E-state index is -0.574. The van der Waals surface area contributed by atoms with Crippen LogP contribution in [-0.4, -0.2) is 23.5 Å². The number of ether oxygens (including phenoxy) is 1. The molecule has 2 aromatic rings. The Morgan fingerprint density at radius 1 is 1.08 bits per heavy atom. The quantitative estimate of drug-likeness (QED) is 0.893. The molecule has 0 bridgehead atoms. The number of ketones is 1. The van der Waals surface area contributed by atoms with Crippen LogP contribution in [0.3, 0.4) is 0 Å². The third kappa shape index (κ3) is 5.08. The van der Waals surface area contributed by atoms with E-state index in [0.717, 1.165) is 5.56 Å². The van der Waals surface area contributed by atoms with E-state index in [4.69, 9.17) is 4.74 Å². The van der Waals surface area contributed by atoms with Gasteiger partial charge in [-0.05, 0) is 50.5 Å². The third-order valence-electron chi connectivity index (χ3n) is 3.74. The summed E-state index contributed by atoms with van der Waals surface area (Å²) in [5, 5.41) is 4.93. The molecular weight excluding hydrogens is 302 g/mol. The Morgan fingerprint density at radius 3 is 2.46 bits per heavy atom. The smallest absolute Gasteiger partial charge is 0.408 e. The molecule has 0 heterocycles. The molecule has 4 nitrogen and oxygen atoms in total. The first-order valence-electron chi connectivity index (χ1n) is 8.25. The number of carbonyl (C=O) groups excluding carboxylic acids is 2. The minimum absolute atomic E-state index is 0.00575. The zero-order valence-corrected chi connectivity index (χ0v) is 14.8. The number of carbonyl (C=O) groups is 2. The van der Waals surface area contributed by atoms with Crippen LogP contribution in [0, 0.1) is 0 Å². The molecule has 0 aliphatic carbocycles. The van der Waals surface area contributed by atoms with Crippen molar-refractivity contribution in [1.82, 2.24) is 5.32 Å². The van der Waals surface area contributed by atoms with Crippen LogP contribution in [0.2, 0.25) is 0 Å². The van der Waals surface area contributed by atoms with Gasteiger partial charge in [-0.2, -0.15) is 0 Å². The van der Waals surface area contributed by atoms with Crippen molar-refractivity contribution in [3.63, 3.8) is 0 Å². The summed E-state index contributed by atoms with van der Waals surface area (Å²) in [6, 6.07) is 13.7. The molecule has 0 aliphatic rings. The molecule has 1 N–H and O–H groups in total. The molecule has 0 radical (unpaired) electrons. The van der Waals surface area contributed by atoms with Crippen LogP contribution in [0.25, 0.3) is 10.8 Å². The lowest BCUT2D eigenvalue weighted by molar-refractivity contribution is -0.120. The summed E-state index contributed by atoms with van der Waals surface area (Å²) in [5.74, 6) is -0.00575. The number of amides is 1. The predicted octanol–water partition coefficient (Wildman–Crippen LogP) is 4.25. The van der Waals surface area contributed by atoms with Crippen molar-refractivity contribution in [3.05, 3.63) is 48.0 Å². The van der Waals surface area contributed by atoms with Gasteiger partial charge in [-0.1, -0.05) is 42.5 Å². The number of fused-ring (bicyclic) bond motifs is 1. The van der Waals surface area contributed by atoms with E-state index in [1.54, 1.807) is 27.7 Å². The fourth-order valence-electron chi connectivity index (χ4n) is 2.55. The number of hydrogen-bond donors (Lipinski definition) is 1. The van der Waals surface area contributed by atoms with E-state index < -0.39 is 17.7 Å². The molecule has 0 saturated carbocycles. The third-order valence-corrected chi connectivity index (χ3v) is 3.74. The van der Waals surface area contributed by atoms with E-state index in [2.05, 4.69) is 23.5 Å². The molecule has 0 unspecified atom stereocenters. The van der Waals surface area contributed by atoms with Crippen LogP contribution in [0.4, 0.5) is 4.79 Å². The van der Waals surface area contributed by atoms with Gasteiger partial charge < -0.3 is 10.1 Å². The van der Waals surface area contributed by atoms with Gasteiger partial charge >= 0.3 is 6.09 Å². The van der Waals surface area contributed by atoms with Gasteiger partial charge in [-0.3, -0.25) is 4.79 Å². The first kappa shape index (κ1) is 18.0. The highest BCUT2D eigenvalue weighted by Gasteiger charge is 2.20. The summed E-state index contributed by atoms with van der Waals surface area (Å²) >= 11 is 0. The molecule has 0 aromatic heterocycles. The maximum atomic E-state index is 12.3. The summed E-state index contributed by atoms with van der Waals surface area (Å²) in [6.45, 7) is 7.06. The molecule has 0 fully saturated rings. The Morgan fingerprint density at radius 2 is 1.75 bits per heavy atom. The number of Topliss-reactive ketones (excluding diaryl/α,β-unsaturated/α-hetero) is 1. The maximum absolute atomic E-state index is 12.3. The lowest BCUT2D eigenvalue weighted by Gasteiger charge is -2.21. The van der Waals surface area contributed by atoms with Gasteiger partial charge in [0.15, 0.2) is 5.78 Å². The number of alkyl carbamates (subject to hydrolysis) is 1. The van der Waals surface area contributed by atoms with Crippen molar-refractivity contribution in [3.8, 4) is 0 Å². The number of nitrogens with one attached hydrogen (secondary N) is 1. The number of benzene rings is 2. The van der Waals surface area contributed by atoms with Crippen molar-refractivity contribution in [2.24, 2.45) is 0 Å². The lowest BCUT2D eigenvalue weighted by Crippen LogP contribution is -2.41. The predicted molar refractivity (Wildman–Crippen MR) is 96.1 cm³/mol. The second kappa shape index (κ2) is 7.47. The van der Waals surface area contributed by atoms with Gasteiger partial charge in [-0.15, -0.1) is 0 Å². The summed E-state index contributed by atoms with van der Waals surface area (Å²) < 4.78 is 5.18. The Bertz CT molecular complexity index is 726.